The fraction of sp³-hybridized carbons (Fsp3) is 0.143. The molecule has 9 heteroatoms. The van der Waals surface area contributed by atoms with Gasteiger partial charge < -0.3 is 4.74 Å². The lowest BCUT2D eigenvalue weighted by atomic mass is 10.3. The van der Waals surface area contributed by atoms with Crippen molar-refractivity contribution in [1.29, 1.82) is 0 Å². The molecule has 0 N–H and O–H groups in total. The highest BCUT2D eigenvalue weighted by atomic mass is 35.7. The molecule has 0 unspecified atom stereocenters. The topological polar surface area (TPSA) is 43.4 Å². The Morgan fingerprint density at radius 3 is 2.25 bits per heavy atom. The number of alkyl halides is 2. The number of hydrogen-bond donors (Lipinski definition) is 0. The van der Waals surface area contributed by atoms with Gasteiger partial charge in [-0.25, -0.2) is 17.2 Å². The van der Waals surface area contributed by atoms with Gasteiger partial charge in [-0.2, -0.15) is 8.78 Å². The zero-order chi connectivity index (χ0) is 12.5. The Bertz CT molecular complexity index is 503. The largest absolute Gasteiger partial charge is 0.430 e. The lowest BCUT2D eigenvalue weighted by Gasteiger charge is -2.09. The van der Waals surface area contributed by atoms with Crippen LogP contribution in [0.2, 0.25) is 0 Å². The lowest BCUT2D eigenvalue weighted by molar-refractivity contribution is -0.0542. The monoisotopic (exact) mass is 278 g/mol. The van der Waals surface area contributed by atoms with Gasteiger partial charge in [0.15, 0.2) is 11.6 Å². The molecule has 0 aliphatic carbocycles. The van der Waals surface area contributed by atoms with E-state index in [1.165, 1.54) is 0 Å². The van der Waals surface area contributed by atoms with E-state index in [2.05, 4.69) is 4.74 Å². The average Bonchev–Trinajstić information content (AvgIpc) is 2.06. The van der Waals surface area contributed by atoms with Crippen molar-refractivity contribution in [2.75, 3.05) is 0 Å². The smallest absolute Gasteiger partial charge is 0.387 e. The average molecular weight is 279 g/mol. The Morgan fingerprint density at radius 1 is 1.25 bits per heavy atom. The van der Waals surface area contributed by atoms with Crippen LogP contribution in [0, 0.1) is 11.6 Å². The molecular weight excluding hydrogens is 276 g/mol. The van der Waals surface area contributed by atoms with Gasteiger partial charge in [-0.05, 0) is 6.07 Å². The van der Waals surface area contributed by atoms with Gasteiger partial charge in [0.1, 0.15) is 10.7 Å². The third-order valence-corrected chi connectivity index (χ3v) is 2.77. The van der Waals surface area contributed by atoms with Crippen molar-refractivity contribution >= 4 is 19.7 Å². The van der Waals surface area contributed by atoms with E-state index in [1.54, 1.807) is 0 Å². The van der Waals surface area contributed by atoms with Crippen LogP contribution in [-0.4, -0.2) is 15.0 Å². The minimum atomic E-state index is -4.59. The molecule has 0 amide bonds. The summed E-state index contributed by atoms with van der Waals surface area (Å²) in [4.78, 5) is -1.19. The molecule has 0 aliphatic rings. The quantitative estimate of drug-likeness (QED) is 0.630. The third-order valence-electron chi connectivity index (χ3n) is 1.44. The number of rotatable bonds is 3. The fourth-order valence-electron chi connectivity index (χ4n) is 0.921. The summed E-state index contributed by atoms with van der Waals surface area (Å²) < 4.78 is 74.7. The minimum absolute atomic E-state index is 0.198. The molecule has 90 valence electrons. The molecule has 0 bridgehead atoms. The van der Waals surface area contributed by atoms with E-state index in [4.69, 9.17) is 10.7 Å². The first kappa shape index (κ1) is 13.0. The minimum Gasteiger partial charge on any atom is -0.430 e. The maximum Gasteiger partial charge on any atom is 0.387 e. The van der Waals surface area contributed by atoms with E-state index in [1.807, 2.05) is 0 Å². The van der Waals surface area contributed by atoms with Crippen LogP contribution in [-0.2, 0) is 9.05 Å². The highest BCUT2D eigenvalue weighted by molar-refractivity contribution is 8.13. The van der Waals surface area contributed by atoms with E-state index >= 15 is 0 Å². The molecule has 0 saturated heterocycles. The molecule has 1 aromatic rings. The molecule has 1 aromatic carbocycles. The highest BCUT2D eigenvalue weighted by Gasteiger charge is 2.24. The molecule has 0 aliphatic heterocycles. The number of halogens is 5. The van der Waals surface area contributed by atoms with Gasteiger partial charge >= 0.3 is 6.61 Å². The molecule has 1 rings (SSSR count). The summed E-state index contributed by atoms with van der Waals surface area (Å²) in [5.41, 5.74) is 0. The number of ether oxygens (including phenoxy) is 1. The normalized spacial score (nSPS) is 11.9. The van der Waals surface area contributed by atoms with Gasteiger partial charge in [-0.1, -0.05) is 0 Å². The second-order valence-electron chi connectivity index (χ2n) is 2.53. The van der Waals surface area contributed by atoms with E-state index in [9.17, 15) is 26.0 Å². The van der Waals surface area contributed by atoms with Gasteiger partial charge in [0.2, 0.25) is 0 Å². The highest BCUT2D eigenvalue weighted by Crippen LogP contribution is 2.31. The summed E-state index contributed by atoms with van der Waals surface area (Å²) in [6, 6.07) is 0.479. The molecule has 0 atom stereocenters. The number of benzene rings is 1. The van der Waals surface area contributed by atoms with Crippen molar-refractivity contribution < 1.29 is 30.7 Å². The molecule has 0 saturated carbocycles. The van der Waals surface area contributed by atoms with Crippen LogP contribution in [0.3, 0.4) is 0 Å². The summed E-state index contributed by atoms with van der Waals surface area (Å²) in [5, 5.41) is 0. The summed E-state index contributed by atoms with van der Waals surface area (Å²) in [6.07, 6.45) is 0. The molecule has 0 heterocycles. The Labute approximate surface area is 92.0 Å². The SMILES string of the molecule is O=S(=O)(Cl)c1cc(F)cc(F)c1OC(F)F. The van der Waals surface area contributed by atoms with E-state index in [0.29, 0.717) is 0 Å². The molecule has 0 spiro atoms. The first-order valence-corrected chi connectivity index (χ1v) is 5.91. The van der Waals surface area contributed by atoms with Crippen molar-refractivity contribution in [1.82, 2.24) is 0 Å². The molecule has 0 aromatic heterocycles. The molecule has 16 heavy (non-hydrogen) atoms. The van der Waals surface area contributed by atoms with Crippen LogP contribution < -0.4 is 4.74 Å². The van der Waals surface area contributed by atoms with Crippen molar-refractivity contribution in [2.45, 2.75) is 11.5 Å². The Morgan fingerprint density at radius 2 is 1.81 bits per heavy atom. The van der Waals surface area contributed by atoms with E-state index in [-0.39, 0.29) is 12.1 Å². The van der Waals surface area contributed by atoms with Gasteiger partial charge in [0, 0.05) is 16.7 Å². The van der Waals surface area contributed by atoms with Crippen LogP contribution in [0.1, 0.15) is 0 Å². The van der Waals surface area contributed by atoms with Crippen LogP contribution in [0.5, 0.6) is 5.75 Å². The van der Waals surface area contributed by atoms with Crippen LogP contribution >= 0.6 is 10.7 Å². The molecule has 0 fully saturated rings. The van der Waals surface area contributed by atoms with Crippen molar-refractivity contribution in [3.05, 3.63) is 23.8 Å². The Kier molecular flexibility index (Phi) is 3.64. The number of hydrogen-bond acceptors (Lipinski definition) is 3. The predicted octanol–water partition coefficient (Wildman–Crippen LogP) is 2.49. The van der Waals surface area contributed by atoms with Gasteiger partial charge in [0.25, 0.3) is 9.05 Å². The summed E-state index contributed by atoms with van der Waals surface area (Å²) in [6.45, 7) is -3.46. The zero-order valence-electron chi connectivity index (χ0n) is 7.25. The van der Waals surface area contributed by atoms with Crippen molar-refractivity contribution in [3.8, 4) is 5.75 Å². The molecule has 0 radical (unpaired) electrons. The first-order valence-electron chi connectivity index (χ1n) is 3.60. The molecular formula is C7H3ClF4O3S. The predicted molar refractivity (Wildman–Crippen MR) is 46.0 cm³/mol. The zero-order valence-corrected chi connectivity index (χ0v) is 8.83. The standard InChI is InChI=1S/C7H3ClF4O3S/c8-16(13,14)5-2-3(9)1-4(10)6(5)15-7(11)12/h1-2,7H. The first-order chi connectivity index (χ1) is 7.21. The Balaban J connectivity index is 3.45. The van der Waals surface area contributed by atoms with E-state index < -0.39 is 37.9 Å². The summed E-state index contributed by atoms with van der Waals surface area (Å²) in [5.74, 6) is -4.18. The van der Waals surface area contributed by atoms with Gasteiger partial charge in [0.05, 0.1) is 0 Å². The van der Waals surface area contributed by atoms with Gasteiger partial charge in [-0.3, -0.25) is 0 Å². The van der Waals surface area contributed by atoms with E-state index in [0.717, 1.165) is 0 Å². The Hall–Kier alpha value is -1.02. The second-order valence-corrected chi connectivity index (χ2v) is 5.07. The third kappa shape index (κ3) is 2.99. The summed E-state index contributed by atoms with van der Waals surface area (Å²) >= 11 is 0. The maximum atomic E-state index is 13.0. The van der Waals surface area contributed by atoms with Crippen LogP contribution in [0.25, 0.3) is 0 Å². The summed E-state index contributed by atoms with van der Waals surface area (Å²) in [7, 11) is 0.215. The van der Waals surface area contributed by atoms with Crippen molar-refractivity contribution in [2.24, 2.45) is 0 Å². The molecule has 3 nitrogen and oxygen atoms in total. The van der Waals surface area contributed by atoms with Crippen LogP contribution in [0.15, 0.2) is 17.0 Å². The maximum absolute atomic E-state index is 13.0. The lowest BCUT2D eigenvalue weighted by Crippen LogP contribution is -2.08. The fourth-order valence-corrected chi connectivity index (χ4v) is 1.89. The van der Waals surface area contributed by atoms with Crippen LogP contribution in [0.4, 0.5) is 17.6 Å². The second kappa shape index (κ2) is 4.46. The van der Waals surface area contributed by atoms with Gasteiger partial charge in [-0.15, -0.1) is 0 Å². The van der Waals surface area contributed by atoms with Crippen molar-refractivity contribution in [3.63, 3.8) is 0 Å².